The first-order valence-corrected chi connectivity index (χ1v) is 12.8. The monoisotopic (exact) mass is 474 g/mol. The molecule has 1 spiro atoms. The summed E-state index contributed by atoms with van der Waals surface area (Å²) in [7, 11) is 0. The summed E-state index contributed by atoms with van der Waals surface area (Å²) < 4.78 is 2.01. The maximum absolute atomic E-state index is 12.6. The average molecular weight is 475 g/mol. The Hall–Kier alpha value is -3.49. The van der Waals surface area contributed by atoms with Crippen LogP contribution in [-0.2, 0) is 0 Å². The van der Waals surface area contributed by atoms with Crippen LogP contribution in [0.5, 0.6) is 0 Å². The van der Waals surface area contributed by atoms with Gasteiger partial charge in [0.15, 0.2) is 0 Å². The number of anilines is 4. The second-order valence-corrected chi connectivity index (χ2v) is 10.4. The molecule has 0 aliphatic carbocycles. The summed E-state index contributed by atoms with van der Waals surface area (Å²) >= 11 is 0. The van der Waals surface area contributed by atoms with E-state index in [1.165, 1.54) is 31.4 Å². The van der Waals surface area contributed by atoms with Gasteiger partial charge in [-0.15, -0.1) is 0 Å². The van der Waals surface area contributed by atoms with Crippen molar-refractivity contribution < 1.29 is 4.79 Å². The first-order chi connectivity index (χ1) is 17.0. The second-order valence-electron chi connectivity index (χ2n) is 10.4. The number of urea groups is 1. The third-order valence-corrected chi connectivity index (χ3v) is 8.30. The summed E-state index contributed by atoms with van der Waals surface area (Å²) in [5, 5.41) is 7.74. The van der Waals surface area contributed by atoms with Crippen LogP contribution in [0.3, 0.4) is 0 Å². The molecule has 3 saturated heterocycles. The first-order valence-electron chi connectivity index (χ1n) is 12.8. The number of pyridine rings is 2. The maximum Gasteiger partial charge on any atom is 0.322 e. The molecule has 3 aromatic rings. The Balaban J connectivity index is 1.14. The molecule has 1 atom stereocenters. The highest BCUT2D eigenvalue weighted by atomic mass is 16.2. The topological polar surface area (TPSA) is 95.0 Å². The third-order valence-electron chi connectivity index (χ3n) is 8.30. The molecule has 3 N–H and O–H groups in total. The van der Waals surface area contributed by atoms with Crippen molar-refractivity contribution in [2.45, 2.75) is 45.1 Å². The smallest absolute Gasteiger partial charge is 0.322 e. The highest BCUT2D eigenvalue weighted by molar-refractivity contribution is 5.97. The van der Waals surface area contributed by atoms with Crippen LogP contribution in [0.15, 0.2) is 42.7 Å². The Morgan fingerprint density at radius 1 is 0.971 bits per heavy atom. The molecule has 9 nitrogen and oxygen atoms in total. The Bertz CT molecular complexity index is 1200. The minimum absolute atomic E-state index is 0.0370. The Kier molecular flexibility index (Phi) is 5.42. The highest BCUT2D eigenvalue weighted by Gasteiger charge is 2.38. The van der Waals surface area contributed by atoms with Crippen LogP contribution in [0.25, 0.3) is 5.52 Å². The van der Waals surface area contributed by atoms with E-state index in [1.807, 2.05) is 34.8 Å². The number of hydrogen-bond donors (Lipinski definition) is 2. The lowest BCUT2D eigenvalue weighted by Crippen LogP contribution is -2.50. The number of hydrogen-bond acceptors (Lipinski definition) is 6. The minimum atomic E-state index is -0.0370. The number of fused-ring (bicyclic) bond motifs is 1. The van der Waals surface area contributed by atoms with Gasteiger partial charge in [-0.2, -0.15) is 5.10 Å². The molecular weight excluding hydrogens is 440 g/mol. The lowest BCUT2D eigenvalue weighted by atomic mass is 9.71. The number of aromatic nitrogens is 3. The zero-order valence-electron chi connectivity index (χ0n) is 20.4. The van der Waals surface area contributed by atoms with Crippen molar-refractivity contribution in [2.24, 2.45) is 5.41 Å². The van der Waals surface area contributed by atoms with Crippen molar-refractivity contribution in [1.29, 1.82) is 0 Å². The summed E-state index contributed by atoms with van der Waals surface area (Å²) in [6.45, 7) is 6.96. The number of amides is 2. The maximum atomic E-state index is 12.6. The third kappa shape index (κ3) is 4.02. The molecule has 0 aromatic carbocycles. The van der Waals surface area contributed by atoms with E-state index in [-0.39, 0.29) is 12.1 Å². The summed E-state index contributed by atoms with van der Waals surface area (Å²) in [4.78, 5) is 23.6. The Labute approximate surface area is 205 Å². The number of rotatable bonds is 3. The van der Waals surface area contributed by atoms with Gasteiger partial charge in [0.25, 0.3) is 0 Å². The normalized spacial score (nSPS) is 22.6. The molecule has 6 heterocycles. The largest absolute Gasteiger partial charge is 0.384 e. The van der Waals surface area contributed by atoms with Crippen molar-refractivity contribution >= 4 is 34.6 Å². The van der Waals surface area contributed by atoms with Gasteiger partial charge in [0, 0.05) is 38.8 Å². The van der Waals surface area contributed by atoms with Crippen molar-refractivity contribution in [1.82, 2.24) is 19.9 Å². The van der Waals surface area contributed by atoms with E-state index in [2.05, 4.69) is 44.4 Å². The van der Waals surface area contributed by atoms with Gasteiger partial charge in [-0.25, -0.2) is 14.3 Å². The second kappa shape index (κ2) is 8.62. The van der Waals surface area contributed by atoms with Gasteiger partial charge in [0.2, 0.25) is 0 Å². The summed E-state index contributed by atoms with van der Waals surface area (Å²) in [5.74, 6) is 1.68. The number of nitrogens with two attached hydrogens (primary N) is 1. The van der Waals surface area contributed by atoms with Gasteiger partial charge in [-0.1, -0.05) is 6.07 Å². The van der Waals surface area contributed by atoms with Crippen LogP contribution in [0.2, 0.25) is 0 Å². The fraction of sp³-hybridized carbons (Fsp3) is 0.500. The summed E-state index contributed by atoms with van der Waals surface area (Å²) in [6.07, 6.45) is 9.47. The van der Waals surface area contributed by atoms with Crippen molar-refractivity contribution in [2.75, 3.05) is 53.2 Å². The average Bonchev–Trinajstić information content (AvgIpc) is 3.30. The number of carbonyl (C=O) groups excluding carboxylic acids is 1. The van der Waals surface area contributed by atoms with Gasteiger partial charge < -0.3 is 20.9 Å². The standard InChI is InChI=1S/C26H34N8O/c1-19-7-12-33(25(35)30-19)22-18-29-34-21(22)3-2-4-24(34)32-15-10-26(11-16-32)8-13-31(14-9-26)20-5-6-23(27)28-17-20/h2-6,17-19H,7-16H2,1H3,(H2,27,28)(H,30,35). The number of carbonyl (C=O) groups is 1. The van der Waals surface area contributed by atoms with Crippen LogP contribution >= 0.6 is 0 Å². The van der Waals surface area contributed by atoms with E-state index in [0.29, 0.717) is 17.8 Å². The zero-order chi connectivity index (χ0) is 24.0. The predicted octanol–water partition coefficient (Wildman–Crippen LogP) is 3.51. The molecule has 9 heteroatoms. The SMILES string of the molecule is CC1CCN(c2cnn3c(N4CCC5(CCN(c6ccc(N)nc6)CC5)CC4)cccc23)C(=O)N1. The number of nitrogen functional groups attached to an aromatic ring is 1. The predicted molar refractivity (Wildman–Crippen MR) is 139 cm³/mol. The molecule has 0 saturated carbocycles. The van der Waals surface area contributed by atoms with Crippen LogP contribution in [-0.4, -0.2) is 59.4 Å². The summed E-state index contributed by atoms with van der Waals surface area (Å²) in [6, 6.07) is 10.4. The van der Waals surface area contributed by atoms with Gasteiger partial charge in [-0.3, -0.25) is 4.90 Å². The lowest BCUT2D eigenvalue weighted by Gasteiger charge is -2.47. The number of piperidine rings is 2. The lowest BCUT2D eigenvalue weighted by molar-refractivity contribution is 0.166. The van der Waals surface area contributed by atoms with E-state index in [9.17, 15) is 4.79 Å². The van der Waals surface area contributed by atoms with E-state index in [1.54, 1.807) is 0 Å². The van der Waals surface area contributed by atoms with Gasteiger partial charge in [-0.05, 0) is 68.7 Å². The molecule has 1 unspecified atom stereocenters. The van der Waals surface area contributed by atoms with Gasteiger partial charge in [0.05, 0.1) is 29.3 Å². The highest BCUT2D eigenvalue weighted by Crippen LogP contribution is 2.43. The molecule has 35 heavy (non-hydrogen) atoms. The zero-order valence-corrected chi connectivity index (χ0v) is 20.4. The van der Waals surface area contributed by atoms with Crippen molar-refractivity contribution in [3.8, 4) is 0 Å². The molecule has 0 bridgehead atoms. The van der Waals surface area contributed by atoms with E-state index in [4.69, 9.17) is 10.8 Å². The van der Waals surface area contributed by atoms with Crippen LogP contribution < -0.4 is 25.8 Å². The Morgan fingerprint density at radius 2 is 1.71 bits per heavy atom. The van der Waals surface area contributed by atoms with Crippen molar-refractivity contribution in [3.05, 3.63) is 42.7 Å². The molecule has 0 radical (unpaired) electrons. The molecule has 184 valence electrons. The molecule has 3 aliphatic heterocycles. The number of nitrogens with one attached hydrogen (secondary N) is 1. The minimum Gasteiger partial charge on any atom is -0.384 e. The molecule has 3 aromatic heterocycles. The van der Waals surface area contributed by atoms with E-state index >= 15 is 0 Å². The van der Waals surface area contributed by atoms with Crippen LogP contribution in [0.1, 0.15) is 39.0 Å². The van der Waals surface area contributed by atoms with E-state index < -0.39 is 0 Å². The quantitative estimate of drug-likeness (QED) is 0.603. The van der Waals surface area contributed by atoms with E-state index in [0.717, 1.165) is 49.6 Å². The fourth-order valence-corrected chi connectivity index (χ4v) is 5.98. The summed E-state index contributed by atoms with van der Waals surface area (Å²) in [5.41, 5.74) is 9.21. The number of nitrogens with zero attached hydrogens (tertiary/aromatic N) is 6. The molecule has 3 fully saturated rings. The van der Waals surface area contributed by atoms with Crippen molar-refractivity contribution in [3.63, 3.8) is 0 Å². The molecule has 3 aliphatic rings. The molecule has 2 amide bonds. The first kappa shape index (κ1) is 22.0. The van der Waals surface area contributed by atoms with Crippen LogP contribution in [0, 0.1) is 5.41 Å². The van der Waals surface area contributed by atoms with Gasteiger partial charge in [0.1, 0.15) is 11.6 Å². The fourth-order valence-electron chi connectivity index (χ4n) is 5.98. The van der Waals surface area contributed by atoms with Gasteiger partial charge >= 0.3 is 6.03 Å². The van der Waals surface area contributed by atoms with Crippen LogP contribution in [0.4, 0.5) is 27.8 Å². The molecule has 6 rings (SSSR count). The Morgan fingerprint density at radius 3 is 2.40 bits per heavy atom. The molecular formula is C26H34N8O.